The van der Waals surface area contributed by atoms with Gasteiger partial charge in [-0.25, -0.2) is 4.98 Å². The molecule has 2 N–H and O–H groups in total. The molecule has 0 atom stereocenters. The molecule has 5 heteroatoms. The summed E-state index contributed by atoms with van der Waals surface area (Å²) in [4.78, 5) is 6.62. The van der Waals surface area contributed by atoms with E-state index >= 15 is 0 Å². The molecule has 1 aromatic carbocycles. The number of nitrogens with two attached hydrogens (primary N) is 1. The smallest absolute Gasteiger partial charge is 0.0897 e. The fourth-order valence-electron chi connectivity index (χ4n) is 1.25. The maximum absolute atomic E-state index is 5.90. The number of thiazole rings is 1. The summed E-state index contributed by atoms with van der Waals surface area (Å²) in [6.07, 6.45) is 1.93. The van der Waals surface area contributed by atoms with Gasteiger partial charge in [0.25, 0.3) is 0 Å². The Morgan fingerprint density at radius 3 is 3.00 bits per heavy atom. The first-order valence-electron chi connectivity index (χ1n) is 4.74. The van der Waals surface area contributed by atoms with Gasteiger partial charge in [0, 0.05) is 31.9 Å². The van der Waals surface area contributed by atoms with Gasteiger partial charge < -0.3 is 5.73 Å². The zero-order valence-corrected chi connectivity index (χ0v) is 12.0. The van der Waals surface area contributed by atoms with Crippen molar-refractivity contribution >= 4 is 44.7 Å². The van der Waals surface area contributed by atoms with E-state index in [1.165, 1.54) is 4.88 Å². The summed E-state index contributed by atoms with van der Waals surface area (Å²) in [7, 11) is 0. The van der Waals surface area contributed by atoms with Crippen LogP contribution in [0.1, 0.15) is 9.88 Å². The Balaban J connectivity index is 2.07. The predicted molar refractivity (Wildman–Crippen MR) is 75.0 cm³/mol. The Bertz CT molecular complexity index is 496. The van der Waals surface area contributed by atoms with Crippen molar-refractivity contribution in [3.05, 3.63) is 38.8 Å². The van der Waals surface area contributed by atoms with E-state index in [9.17, 15) is 0 Å². The van der Waals surface area contributed by atoms with E-state index in [-0.39, 0.29) is 0 Å². The molecular weight excluding hydrogens is 304 g/mol. The molecule has 1 aromatic heterocycles. The van der Waals surface area contributed by atoms with Crippen molar-refractivity contribution < 1.29 is 0 Å². The highest BCUT2D eigenvalue weighted by Gasteiger charge is 2.03. The zero-order chi connectivity index (χ0) is 11.5. The molecule has 16 heavy (non-hydrogen) atoms. The number of halogens is 1. The molecule has 0 aliphatic carbocycles. The molecular formula is C11H11BrN2S2. The van der Waals surface area contributed by atoms with E-state index in [4.69, 9.17) is 5.73 Å². The van der Waals surface area contributed by atoms with Crippen molar-refractivity contribution in [3.63, 3.8) is 0 Å². The maximum Gasteiger partial charge on any atom is 0.0897 e. The molecule has 0 bridgehead atoms. The number of aryl methyl sites for hydroxylation is 1. The number of aromatic nitrogens is 1. The Morgan fingerprint density at radius 2 is 2.31 bits per heavy atom. The number of nitrogen functional groups attached to an aromatic ring is 1. The standard InChI is InChI=1S/C11H11BrN2S2/c1-7-14-5-9(16-7)6-15-11-4-8(12)2-3-10(11)13/h2-5H,6,13H2,1H3. The lowest BCUT2D eigenvalue weighted by Gasteiger charge is -2.04. The minimum absolute atomic E-state index is 0.828. The summed E-state index contributed by atoms with van der Waals surface area (Å²) in [5.74, 6) is 0.923. The summed E-state index contributed by atoms with van der Waals surface area (Å²) in [6.45, 7) is 2.02. The molecule has 2 rings (SSSR count). The summed E-state index contributed by atoms with van der Waals surface area (Å²) >= 11 is 6.92. The Kier molecular flexibility index (Phi) is 3.89. The highest BCUT2D eigenvalue weighted by atomic mass is 79.9. The minimum Gasteiger partial charge on any atom is -0.398 e. The first-order valence-corrected chi connectivity index (χ1v) is 7.34. The van der Waals surface area contributed by atoms with Crippen molar-refractivity contribution in [2.45, 2.75) is 17.6 Å². The summed E-state index contributed by atoms with van der Waals surface area (Å²) in [6, 6.07) is 5.93. The average Bonchev–Trinajstić information content (AvgIpc) is 2.66. The van der Waals surface area contributed by atoms with Crippen LogP contribution in [0.2, 0.25) is 0 Å². The lowest BCUT2D eigenvalue weighted by molar-refractivity contribution is 1.28. The number of anilines is 1. The summed E-state index contributed by atoms with van der Waals surface area (Å²) in [5.41, 5.74) is 6.73. The number of nitrogens with zero attached hydrogens (tertiary/aromatic N) is 1. The van der Waals surface area contributed by atoms with Gasteiger partial charge in [0.1, 0.15) is 0 Å². The van der Waals surface area contributed by atoms with Gasteiger partial charge in [-0.3, -0.25) is 0 Å². The summed E-state index contributed by atoms with van der Waals surface area (Å²) < 4.78 is 1.06. The number of hydrogen-bond acceptors (Lipinski definition) is 4. The first kappa shape index (κ1) is 12.0. The van der Waals surface area contributed by atoms with Crippen LogP contribution in [-0.4, -0.2) is 4.98 Å². The molecule has 2 aromatic rings. The molecule has 0 amide bonds. The zero-order valence-electron chi connectivity index (χ0n) is 8.74. The van der Waals surface area contributed by atoms with Gasteiger partial charge in [0.05, 0.1) is 5.01 Å². The monoisotopic (exact) mass is 314 g/mol. The molecule has 1 heterocycles. The first-order chi connectivity index (χ1) is 7.65. The topological polar surface area (TPSA) is 38.9 Å². The maximum atomic E-state index is 5.90. The van der Waals surface area contributed by atoms with Crippen LogP contribution in [0.15, 0.2) is 33.8 Å². The van der Waals surface area contributed by atoms with Gasteiger partial charge in [-0.15, -0.1) is 23.1 Å². The third-order valence-electron chi connectivity index (χ3n) is 2.01. The molecule has 0 radical (unpaired) electrons. The fourth-order valence-corrected chi connectivity index (χ4v) is 3.59. The molecule has 0 saturated carbocycles. The largest absolute Gasteiger partial charge is 0.398 e. The SMILES string of the molecule is Cc1ncc(CSc2cc(Br)ccc2N)s1. The van der Waals surface area contributed by atoms with Gasteiger partial charge in [0.2, 0.25) is 0 Å². The Morgan fingerprint density at radius 1 is 1.50 bits per heavy atom. The van der Waals surface area contributed by atoms with Crippen LogP contribution in [0.25, 0.3) is 0 Å². The highest BCUT2D eigenvalue weighted by Crippen LogP contribution is 2.31. The minimum atomic E-state index is 0.828. The van der Waals surface area contributed by atoms with Crippen LogP contribution in [-0.2, 0) is 5.75 Å². The normalized spacial score (nSPS) is 10.6. The van der Waals surface area contributed by atoms with Crippen LogP contribution in [0.5, 0.6) is 0 Å². The lowest BCUT2D eigenvalue weighted by atomic mass is 10.3. The van der Waals surface area contributed by atoms with E-state index in [0.29, 0.717) is 0 Å². The average molecular weight is 315 g/mol. The molecule has 0 aliphatic rings. The molecule has 0 aliphatic heterocycles. The van der Waals surface area contributed by atoms with Crippen LogP contribution in [0.3, 0.4) is 0 Å². The number of rotatable bonds is 3. The van der Waals surface area contributed by atoms with Crippen molar-refractivity contribution in [1.82, 2.24) is 4.98 Å². The van der Waals surface area contributed by atoms with Crippen LogP contribution in [0, 0.1) is 6.92 Å². The number of thioether (sulfide) groups is 1. The van der Waals surface area contributed by atoms with Crippen LogP contribution >= 0.6 is 39.0 Å². The molecule has 0 saturated heterocycles. The van der Waals surface area contributed by atoms with Gasteiger partial charge >= 0.3 is 0 Å². The molecule has 2 nitrogen and oxygen atoms in total. The van der Waals surface area contributed by atoms with E-state index in [1.807, 2.05) is 31.3 Å². The van der Waals surface area contributed by atoms with Crippen LogP contribution in [0.4, 0.5) is 5.69 Å². The predicted octanol–water partition coefficient (Wildman–Crippen LogP) is 4.09. The fraction of sp³-hybridized carbons (Fsp3) is 0.182. The summed E-state index contributed by atoms with van der Waals surface area (Å²) in [5, 5.41) is 1.11. The van der Waals surface area contributed by atoms with E-state index in [1.54, 1.807) is 23.1 Å². The quantitative estimate of drug-likeness (QED) is 0.685. The van der Waals surface area contributed by atoms with E-state index < -0.39 is 0 Å². The number of benzene rings is 1. The van der Waals surface area contributed by atoms with Crippen molar-refractivity contribution in [3.8, 4) is 0 Å². The molecule has 84 valence electrons. The Hall–Kier alpha value is -0.520. The third-order valence-corrected chi connectivity index (χ3v) is 4.72. The second-order valence-corrected chi connectivity index (χ2v) is 6.57. The van der Waals surface area contributed by atoms with Crippen molar-refractivity contribution in [1.29, 1.82) is 0 Å². The van der Waals surface area contributed by atoms with E-state index in [2.05, 4.69) is 20.9 Å². The number of hydrogen-bond donors (Lipinski definition) is 1. The molecule has 0 spiro atoms. The van der Waals surface area contributed by atoms with Crippen LogP contribution < -0.4 is 5.73 Å². The molecule has 0 fully saturated rings. The van der Waals surface area contributed by atoms with Gasteiger partial charge in [-0.05, 0) is 25.1 Å². The second-order valence-electron chi connectivity index (χ2n) is 3.32. The lowest BCUT2D eigenvalue weighted by Crippen LogP contribution is -1.88. The highest BCUT2D eigenvalue weighted by molar-refractivity contribution is 9.10. The van der Waals surface area contributed by atoms with Gasteiger partial charge in [-0.2, -0.15) is 0 Å². The second kappa shape index (κ2) is 5.21. The van der Waals surface area contributed by atoms with Crippen molar-refractivity contribution in [2.24, 2.45) is 0 Å². The molecule has 0 unspecified atom stereocenters. The Labute approximate surface area is 111 Å². The van der Waals surface area contributed by atoms with Crippen molar-refractivity contribution in [2.75, 3.05) is 5.73 Å². The van der Waals surface area contributed by atoms with Gasteiger partial charge in [-0.1, -0.05) is 15.9 Å². The van der Waals surface area contributed by atoms with Gasteiger partial charge in [0.15, 0.2) is 0 Å². The third kappa shape index (κ3) is 2.99. The van der Waals surface area contributed by atoms with E-state index in [0.717, 1.165) is 25.8 Å².